The summed E-state index contributed by atoms with van der Waals surface area (Å²) in [6, 6.07) is 3.67. The lowest BCUT2D eigenvalue weighted by molar-refractivity contribution is -0.134. The van der Waals surface area contributed by atoms with E-state index < -0.39 is 17.6 Å². The first-order valence-electron chi connectivity index (χ1n) is 6.79. The van der Waals surface area contributed by atoms with Crippen molar-refractivity contribution in [3.05, 3.63) is 35.4 Å². The van der Waals surface area contributed by atoms with E-state index in [1.165, 1.54) is 18.2 Å². The van der Waals surface area contributed by atoms with Gasteiger partial charge in [-0.2, -0.15) is 0 Å². The third kappa shape index (κ3) is 2.98. The summed E-state index contributed by atoms with van der Waals surface area (Å²) in [5, 5.41) is 3.30. The van der Waals surface area contributed by atoms with Gasteiger partial charge in [-0.05, 0) is 32.9 Å². The highest BCUT2D eigenvalue weighted by Crippen LogP contribution is 2.25. The van der Waals surface area contributed by atoms with Crippen molar-refractivity contribution in [3.63, 3.8) is 0 Å². The lowest BCUT2D eigenvalue weighted by atomic mass is 9.96. The van der Waals surface area contributed by atoms with Gasteiger partial charge in [-0.3, -0.25) is 4.79 Å². The first-order chi connectivity index (χ1) is 9.32. The number of nitrogens with one attached hydrogen (secondary N) is 1. The molecular formula is C15H20F2N2O. The molecule has 0 radical (unpaired) electrons. The fourth-order valence-corrected chi connectivity index (χ4v) is 2.65. The Morgan fingerprint density at radius 1 is 1.35 bits per heavy atom. The zero-order valence-electron chi connectivity index (χ0n) is 12.0. The molecule has 0 aliphatic carbocycles. The molecule has 1 atom stereocenters. The Balaban J connectivity index is 2.20. The summed E-state index contributed by atoms with van der Waals surface area (Å²) in [7, 11) is 0. The number of amides is 1. The largest absolute Gasteiger partial charge is 0.339 e. The van der Waals surface area contributed by atoms with Crippen LogP contribution in [0.4, 0.5) is 8.78 Å². The van der Waals surface area contributed by atoms with Crippen LogP contribution in [0.25, 0.3) is 0 Å². The van der Waals surface area contributed by atoms with E-state index in [0.717, 1.165) is 0 Å². The summed E-state index contributed by atoms with van der Waals surface area (Å²) in [5.41, 5.74) is -0.324. The van der Waals surface area contributed by atoms with E-state index in [2.05, 4.69) is 5.32 Å². The van der Waals surface area contributed by atoms with E-state index in [0.29, 0.717) is 19.6 Å². The molecule has 20 heavy (non-hydrogen) atoms. The quantitative estimate of drug-likeness (QED) is 0.902. The minimum atomic E-state index is -0.815. The molecule has 0 bridgehead atoms. The van der Waals surface area contributed by atoms with E-state index in [1.54, 1.807) is 11.8 Å². The highest BCUT2D eigenvalue weighted by molar-refractivity contribution is 5.83. The summed E-state index contributed by atoms with van der Waals surface area (Å²) < 4.78 is 27.5. The fraction of sp³-hybridized carbons (Fsp3) is 0.533. The van der Waals surface area contributed by atoms with Crippen LogP contribution in [0.15, 0.2) is 18.2 Å². The maximum absolute atomic E-state index is 13.8. The van der Waals surface area contributed by atoms with Crippen molar-refractivity contribution in [2.45, 2.75) is 32.2 Å². The average molecular weight is 282 g/mol. The SMILES string of the molecule is CC(C(=O)N1CCNC(C)(C)C1)c1c(F)cccc1F. The molecular weight excluding hydrogens is 262 g/mol. The Labute approximate surface area is 118 Å². The van der Waals surface area contributed by atoms with Crippen molar-refractivity contribution in [2.75, 3.05) is 19.6 Å². The smallest absolute Gasteiger partial charge is 0.230 e. The number of hydrogen-bond acceptors (Lipinski definition) is 2. The molecule has 5 heteroatoms. The van der Waals surface area contributed by atoms with Gasteiger partial charge < -0.3 is 10.2 Å². The summed E-state index contributed by atoms with van der Waals surface area (Å²) in [5.74, 6) is -2.38. The number of hydrogen-bond donors (Lipinski definition) is 1. The minimum Gasteiger partial charge on any atom is -0.339 e. The number of nitrogens with zero attached hydrogens (tertiary/aromatic N) is 1. The van der Waals surface area contributed by atoms with Gasteiger partial charge >= 0.3 is 0 Å². The van der Waals surface area contributed by atoms with Crippen LogP contribution in [0, 0.1) is 11.6 Å². The molecule has 1 aromatic carbocycles. The Kier molecular flexibility index (Phi) is 4.09. The number of rotatable bonds is 2. The van der Waals surface area contributed by atoms with Gasteiger partial charge in [0.25, 0.3) is 0 Å². The van der Waals surface area contributed by atoms with E-state index >= 15 is 0 Å². The highest BCUT2D eigenvalue weighted by Gasteiger charge is 2.32. The number of halogens is 2. The zero-order chi connectivity index (χ0) is 14.9. The zero-order valence-corrected chi connectivity index (χ0v) is 12.0. The van der Waals surface area contributed by atoms with E-state index in [-0.39, 0.29) is 17.0 Å². The van der Waals surface area contributed by atoms with Crippen LogP contribution in [0.3, 0.4) is 0 Å². The Bertz CT molecular complexity index is 496. The predicted molar refractivity (Wildman–Crippen MR) is 73.4 cm³/mol. The second-order valence-corrected chi connectivity index (χ2v) is 5.93. The van der Waals surface area contributed by atoms with Crippen LogP contribution < -0.4 is 5.32 Å². The lowest BCUT2D eigenvalue weighted by Crippen LogP contribution is -2.59. The van der Waals surface area contributed by atoms with Crippen LogP contribution in [-0.4, -0.2) is 36.0 Å². The number of carbonyl (C=O) groups excluding carboxylic acids is 1. The van der Waals surface area contributed by atoms with Crippen LogP contribution in [0.2, 0.25) is 0 Å². The Morgan fingerprint density at radius 2 is 1.95 bits per heavy atom. The van der Waals surface area contributed by atoms with Crippen LogP contribution in [0.5, 0.6) is 0 Å². The maximum Gasteiger partial charge on any atom is 0.230 e. The van der Waals surface area contributed by atoms with Crippen LogP contribution >= 0.6 is 0 Å². The average Bonchev–Trinajstić information content (AvgIpc) is 2.36. The molecule has 1 aliphatic heterocycles. The summed E-state index contributed by atoms with van der Waals surface area (Å²) in [6.07, 6.45) is 0. The summed E-state index contributed by atoms with van der Waals surface area (Å²) in [6.45, 7) is 7.33. The molecule has 0 spiro atoms. The third-order valence-corrected chi connectivity index (χ3v) is 3.69. The van der Waals surface area contributed by atoms with Crippen LogP contribution in [0.1, 0.15) is 32.3 Å². The number of benzene rings is 1. The molecule has 1 aromatic rings. The normalized spacial score (nSPS) is 19.8. The van der Waals surface area contributed by atoms with Gasteiger partial charge in [0.05, 0.1) is 5.92 Å². The molecule has 1 unspecified atom stereocenters. The van der Waals surface area contributed by atoms with Gasteiger partial charge in [-0.25, -0.2) is 8.78 Å². The Hall–Kier alpha value is -1.49. The first-order valence-corrected chi connectivity index (χ1v) is 6.79. The van der Waals surface area contributed by atoms with E-state index in [4.69, 9.17) is 0 Å². The molecule has 0 aromatic heterocycles. The maximum atomic E-state index is 13.8. The van der Waals surface area contributed by atoms with E-state index in [9.17, 15) is 13.6 Å². The molecule has 1 amide bonds. The molecule has 1 saturated heterocycles. The van der Waals surface area contributed by atoms with Crippen molar-refractivity contribution >= 4 is 5.91 Å². The van der Waals surface area contributed by atoms with Crippen LogP contribution in [-0.2, 0) is 4.79 Å². The second-order valence-electron chi connectivity index (χ2n) is 5.93. The molecule has 2 rings (SSSR count). The summed E-state index contributed by atoms with van der Waals surface area (Å²) in [4.78, 5) is 14.1. The number of carbonyl (C=O) groups is 1. The third-order valence-electron chi connectivity index (χ3n) is 3.69. The molecule has 1 heterocycles. The molecule has 1 fully saturated rings. The van der Waals surface area contributed by atoms with Gasteiger partial charge in [-0.15, -0.1) is 0 Å². The predicted octanol–water partition coefficient (Wildman–Crippen LogP) is 2.28. The van der Waals surface area contributed by atoms with Crippen molar-refractivity contribution in [3.8, 4) is 0 Å². The van der Waals surface area contributed by atoms with E-state index in [1.807, 2.05) is 13.8 Å². The fourth-order valence-electron chi connectivity index (χ4n) is 2.65. The minimum absolute atomic E-state index is 0.145. The molecule has 0 saturated carbocycles. The summed E-state index contributed by atoms with van der Waals surface area (Å²) >= 11 is 0. The van der Waals surface area contributed by atoms with Crippen molar-refractivity contribution in [2.24, 2.45) is 0 Å². The monoisotopic (exact) mass is 282 g/mol. The standard InChI is InChI=1S/C15H20F2N2O/c1-10(13-11(16)5-4-6-12(13)17)14(20)19-8-7-18-15(2,3)9-19/h4-6,10,18H,7-9H2,1-3H3. The van der Waals surface area contributed by atoms with Gasteiger partial charge in [0.2, 0.25) is 5.91 Å². The first kappa shape index (κ1) is 14.9. The number of piperazine rings is 1. The molecule has 110 valence electrons. The van der Waals surface area contributed by atoms with Crippen molar-refractivity contribution < 1.29 is 13.6 Å². The van der Waals surface area contributed by atoms with Crippen molar-refractivity contribution in [1.82, 2.24) is 10.2 Å². The van der Waals surface area contributed by atoms with Gasteiger partial charge in [0.1, 0.15) is 11.6 Å². The highest BCUT2D eigenvalue weighted by atomic mass is 19.1. The van der Waals surface area contributed by atoms with Gasteiger partial charge in [0, 0.05) is 30.7 Å². The van der Waals surface area contributed by atoms with Gasteiger partial charge in [0.15, 0.2) is 0 Å². The van der Waals surface area contributed by atoms with Gasteiger partial charge in [-0.1, -0.05) is 6.07 Å². The Morgan fingerprint density at radius 3 is 2.50 bits per heavy atom. The molecule has 1 aliphatic rings. The lowest BCUT2D eigenvalue weighted by Gasteiger charge is -2.40. The van der Waals surface area contributed by atoms with Crippen molar-refractivity contribution in [1.29, 1.82) is 0 Å². The molecule has 3 nitrogen and oxygen atoms in total. The molecule has 1 N–H and O–H groups in total. The topological polar surface area (TPSA) is 32.3 Å². The second kappa shape index (κ2) is 5.48.